The van der Waals surface area contributed by atoms with E-state index in [-0.39, 0.29) is 21.9 Å². The van der Waals surface area contributed by atoms with Crippen LogP contribution in [0.4, 0.5) is 8.78 Å². The number of hydrogen-bond acceptors (Lipinski definition) is 4. The molecule has 0 unspecified atom stereocenters. The molecule has 118 valence electrons. The highest BCUT2D eigenvalue weighted by molar-refractivity contribution is 8.02. The number of benzene rings is 1. The van der Waals surface area contributed by atoms with E-state index in [1.807, 2.05) is 12.1 Å². The maximum Gasteiger partial charge on any atom is 0.243 e. The summed E-state index contributed by atoms with van der Waals surface area (Å²) in [7, 11) is 0. The largest absolute Gasteiger partial charge is 0.319 e. The van der Waals surface area contributed by atoms with E-state index in [4.69, 9.17) is 5.26 Å². The van der Waals surface area contributed by atoms with Gasteiger partial charge in [0.15, 0.2) is 11.6 Å². The van der Waals surface area contributed by atoms with Crippen molar-refractivity contribution in [3.05, 3.63) is 46.0 Å². The molecule has 1 N–H and O–H groups in total. The number of nitrogens with zero attached hydrogens (tertiary/aromatic N) is 2. The standard InChI is InChI=1S/C16H13F2N3OS/c1-16(2)10(6-19)14(22)21-15(11(16)7-20)23-8-9-4-3-5-12(17)13(9)18/h3-5,10H,8H2,1-2H3,(H,21,22)/t10-/m0/s1. The van der Waals surface area contributed by atoms with E-state index >= 15 is 0 Å². The third-order valence-corrected chi connectivity index (χ3v) is 4.79. The summed E-state index contributed by atoms with van der Waals surface area (Å²) in [6.45, 7) is 3.28. The number of allylic oxidation sites excluding steroid dienone is 1. The summed E-state index contributed by atoms with van der Waals surface area (Å²) in [6, 6.07) is 7.77. The number of thioether (sulfide) groups is 1. The van der Waals surface area contributed by atoms with Gasteiger partial charge in [-0.25, -0.2) is 8.78 Å². The summed E-state index contributed by atoms with van der Waals surface area (Å²) in [5.41, 5.74) is -0.561. The quantitative estimate of drug-likeness (QED) is 0.921. The summed E-state index contributed by atoms with van der Waals surface area (Å²) >= 11 is 1.03. The fourth-order valence-electron chi connectivity index (χ4n) is 2.34. The van der Waals surface area contributed by atoms with E-state index < -0.39 is 28.9 Å². The molecule has 4 nitrogen and oxygen atoms in total. The molecule has 1 aromatic rings. The van der Waals surface area contributed by atoms with Gasteiger partial charge in [-0.05, 0) is 6.07 Å². The first-order valence-electron chi connectivity index (χ1n) is 6.74. The molecule has 0 aromatic heterocycles. The van der Waals surface area contributed by atoms with Gasteiger partial charge in [-0.3, -0.25) is 4.79 Å². The van der Waals surface area contributed by atoms with Gasteiger partial charge in [0, 0.05) is 16.7 Å². The van der Waals surface area contributed by atoms with Crippen molar-refractivity contribution in [2.75, 3.05) is 0 Å². The van der Waals surface area contributed by atoms with Crippen LogP contribution in [0.25, 0.3) is 0 Å². The molecule has 1 atom stereocenters. The first-order chi connectivity index (χ1) is 10.8. The minimum atomic E-state index is -0.979. The molecule has 7 heteroatoms. The second-order valence-corrected chi connectivity index (χ2v) is 6.58. The third kappa shape index (κ3) is 3.06. The Kier molecular flexibility index (Phi) is 4.72. The number of amides is 1. The van der Waals surface area contributed by atoms with Crippen molar-refractivity contribution in [3.63, 3.8) is 0 Å². The van der Waals surface area contributed by atoms with Gasteiger partial charge in [-0.1, -0.05) is 26.0 Å². The van der Waals surface area contributed by atoms with Crippen LogP contribution in [-0.2, 0) is 10.5 Å². The van der Waals surface area contributed by atoms with Crippen LogP contribution in [0, 0.1) is 45.6 Å². The van der Waals surface area contributed by atoms with Crippen LogP contribution in [0.1, 0.15) is 19.4 Å². The van der Waals surface area contributed by atoms with Gasteiger partial charge in [-0.2, -0.15) is 10.5 Å². The normalized spacial score (nSPS) is 19.7. The zero-order chi connectivity index (χ0) is 17.2. The molecule has 0 spiro atoms. The van der Waals surface area contributed by atoms with E-state index in [9.17, 15) is 18.8 Å². The van der Waals surface area contributed by atoms with Crippen LogP contribution in [-0.4, -0.2) is 5.91 Å². The lowest BCUT2D eigenvalue weighted by atomic mass is 9.72. The van der Waals surface area contributed by atoms with E-state index in [2.05, 4.69) is 5.32 Å². The van der Waals surface area contributed by atoms with Crippen molar-refractivity contribution < 1.29 is 13.6 Å². The highest BCUT2D eigenvalue weighted by Gasteiger charge is 2.44. The van der Waals surface area contributed by atoms with E-state index in [1.165, 1.54) is 12.1 Å². The molecule has 1 aliphatic rings. The highest BCUT2D eigenvalue weighted by Crippen LogP contribution is 2.42. The van der Waals surface area contributed by atoms with Gasteiger partial charge in [0.2, 0.25) is 5.91 Å². The van der Waals surface area contributed by atoms with Gasteiger partial charge < -0.3 is 5.32 Å². The van der Waals surface area contributed by atoms with Crippen molar-refractivity contribution in [3.8, 4) is 12.1 Å². The lowest BCUT2D eigenvalue weighted by molar-refractivity contribution is -0.125. The average Bonchev–Trinajstić information content (AvgIpc) is 2.48. The highest BCUT2D eigenvalue weighted by atomic mass is 32.2. The zero-order valence-corrected chi connectivity index (χ0v) is 13.3. The number of rotatable bonds is 3. The van der Waals surface area contributed by atoms with Crippen LogP contribution in [0.3, 0.4) is 0 Å². The minimum Gasteiger partial charge on any atom is -0.319 e. The van der Waals surface area contributed by atoms with Gasteiger partial charge >= 0.3 is 0 Å². The Balaban J connectivity index is 2.33. The topological polar surface area (TPSA) is 76.7 Å². The molecule has 0 radical (unpaired) electrons. The van der Waals surface area contributed by atoms with E-state index in [1.54, 1.807) is 13.8 Å². The van der Waals surface area contributed by atoms with Crippen molar-refractivity contribution in [2.24, 2.45) is 11.3 Å². The van der Waals surface area contributed by atoms with Crippen LogP contribution >= 0.6 is 11.8 Å². The van der Waals surface area contributed by atoms with Gasteiger partial charge in [0.25, 0.3) is 0 Å². The van der Waals surface area contributed by atoms with Crippen molar-refractivity contribution in [2.45, 2.75) is 19.6 Å². The van der Waals surface area contributed by atoms with Crippen LogP contribution in [0.5, 0.6) is 0 Å². The predicted molar refractivity (Wildman–Crippen MR) is 81.3 cm³/mol. The van der Waals surface area contributed by atoms with Gasteiger partial charge in [0.05, 0.1) is 22.7 Å². The van der Waals surface area contributed by atoms with E-state index in [0.717, 1.165) is 17.8 Å². The number of hydrogen-bond donors (Lipinski definition) is 1. The summed E-state index contributed by atoms with van der Waals surface area (Å²) in [6.07, 6.45) is 0. The lowest BCUT2D eigenvalue weighted by Gasteiger charge is -2.34. The number of carbonyl (C=O) groups excluding carboxylic acids is 1. The third-order valence-electron chi connectivity index (χ3n) is 3.74. The molecule has 0 bridgehead atoms. The molecule has 0 aliphatic carbocycles. The molecule has 0 saturated heterocycles. The summed E-state index contributed by atoms with van der Waals surface area (Å²) in [5.74, 6) is -3.32. The molecule has 1 aliphatic heterocycles. The Morgan fingerprint density at radius 3 is 2.65 bits per heavy atom. The van der Waals surface area contributed by atoms with Crippen LogP contribution in [0.15, 0.2) is 28.8 Å². The predicted octanol–water partition coefficient (Wildman–Crippen LogP) is 3.23. The Morgan fingerprint density at radius 1 is 1.35 bits per heavy atom. The minimum absolute atomic E-state index is 0.0533. The number of nitrogens with one attached hydrogen (secondary N) is 1. The van der Waals surface area contributed by atoms with Gasteiger partial charge in [-0.15, -0.1) is 11.8 Å². The fourth-order valence-corrected chi connectivity index (χ4v) is 3.49. The number of nitriles is 2. The summed E-state index contributed by atoms with van der Waals surface area (Å²) in [5, 5.41) is 21.3. The summed E-state index contributed by atoms with van der Waals surface area (Å²) in [4.78, 5) is 12.0. The maximum absolute atomic E-state index is 13.7. The lowest BCUT2D eigenvalue weighted by Crippen LogP contribution is -2.44. The monoisotopic (exact) mass is 333 g/mol. The molecular formula is C16H13F2N3OS. The Labute approximate surface area is 136 Å². The maximum atomic E-state index is 13.7. The van der Waals surface area contributed by atoms with E-state index in [0.29, 0.717) is 0 Å². The molecule has 0 fully saturated rings. The number of carbonyl (C=O) groups is 1. The fraction of sp³-hybridized carbons (Fsp3) is 0.312. The molecule has 1 aromatic carbocycles. The first kappa shape index (κ1) is 17.0. The average molecular weight is 333 g/mol. The van der Waals surface area contributed by atoms with Crippen LogP contribution in [0.2, 0.25) is 0 Å². The van der Waals surface area contributed by atoms with Gasteiger partial charge in [0.1, 0.15) is 5.92 Å². The smallest absolute Gasteiger partial charge is 0.243 e. The molecular weight excluding hydrogens is 320 g/mol. The molecule has 1 amide bonds. The number of halogens is 2. The summed E-state index contributed by atoms with van der Waals surface area (Å²) < 4.78 is 26.9. The molecule has 1 heterocycles. The Bertz CT molecular complexity index is 775. The molecule has 2 rings (SSSR count). The second-order valence-electron chi connectivity index (χ2n) is 5.59. The first-order valence-corrected chi connectivity index (χ1v) is 7.72. The Hall–Kier alpha value is -2.38. The van der Waals surface area contributed by atoms with Crippen LogP contribution < -0.4 is 5.32 Å². The van der Waals surface area contributed by atoms with Crippen molar-refractivity contribution >= 4 is 17.7 Å². The zero-order valence-electron chi connectivity index (χ0n) is 12.5. The second kappa shape index (κ2) is 6.39. The van der Waals surface area contributed by atoms with Crippen molar-refractivity contribution in [1.29, 1.82) is 10.5 Å². The SMILES string of the molecule is CC1(C)C(C#N)=C(SCc2cccc(F)c2F)NC(=O)[C@@H]1C#N. The van der Waals surface area contributed by atoms with Crippen molar-refractivity contribution in [1.82, 2.24) is 5.32 Å². The molecule has 23 heavy (non-hydrogen) atoms. The Morgan fingerprint density at radius 2 is 2.04 bits per heavy atom. The molecule has 0 saturated carbocycles.